The van der Waals surface area contributed by atoms with Crippen LogP contribution in [0.1, 0.15) is 32.4 Å². The third kappa shape index (κ3) is 5.35. The third-order valence-corrected chi connectivity index (χ3v) is 4.61. The van der Waals surface area contributed by atoms with Gasteiger partial charge in [0.1, 0.15) is 11.5 Å². The number of carbonyl (C=O) groups is 1. The normalized spacial score (nSPS) is 12.1. The van der Waals surface area contributed by atoms with Crippen molar-refractivity contribution in [3.63, 3.8) is 0 Å². The maximum absolute atomic E-state index is 12.3. The summed E-state index contributed by atoms with van der Waals surface area (Å²) in [5.74, 6) is 1.96. The number of rotatable bonds is 9. The molecule has 2 rings (SSSR count). The van der Waals surface area contributed by atoms with Crippen LogP contribution >= 0.6 is 11.8 Å². The SMILES string of the molecule is COc1ccc(OC)c(C(C)NC(=O)CSc2nnnn2CC(C)C)c1. The zero-order chi connectivity index (χ0) is 19.1. The van der Waals surface area contributed by atoms with Crippen molar-refractivity contribution in [2.24, 2.45) is 5.92 Å². The van der Waals surface area contributed by atoms with Crippen LogP contribution < -0.4 is 14.8 Å². The number of hydrogen-bond acceptors (Lipinski definition) is 7. The molecule has 2 aromatic rings. The lowest BCUT2D eigenvalue weighted by molar-refractivity contribution is -0.119. The fraction of sp³-hybridized carbons (Fsp3) is 0.529. The number of tetrazole rings is 1. The van der Waals surface area contributed by atoms with E-state index in [1.54, 1.807) is 18.9 Å². The molecule has 0 radical (unpaired) electrons. The molecule has 1 aromatic heterocycles. The van der Waals surface area contributed by atoms with E-state index in [9.17, 15) is 4.79 Å². The molecule has 1 atom stereocenters. The maximum Gasteiger partial charge on any atom is 0.230 e. The summed E-state index contributed by atoms with van der Waals surface area (Å²) in [4.78, 5) is 12.3. The number of carbonyl (C=O) groups excluding carboxylic acids is 1. The van der Waals surface area contributed by atoms with Gasteiger partial charge in [0.25, 0.3) is 0 Å². The summed E-state index contributed by atoms with van der Waals surface area (Å²) >= 11 is 1.32. The van der Waals surface area contributed by atoms with Crippen molar-refractivity contribution in [3.8, 4) is 11.5 Å². The van der Waals surface area contributed by atoms with Crippen molar-refractivity contribution in [3.05, 3.63) is 23.8 Å². The molecule has 1 N–H and O–H groups in total. The van der Waals surface area contributed by atoms with Crippen molar-refractivity contribution < 1.29 is 14.3 Å². The van der Waals surface area contributed by atoms with Crippen LogP contribution in [0.5, 0.6) is 11.5 Å². The number of nitrogens with one attached hydrogen (secondary N) is 1. The predicted molar refractivity (Wildman–Crippen MR) is 99.5 cm³/mol. The molecule has 1 amide bonds. The standard InChI is InChI=1S/C17H25N5O3S/c1-11(2)9-22-17(19-20-21-22)26-10-16(23)18-12(3)14-8-13(24-4)6-7-15(14)25-5/h6-8,11-12H,9-10H2,1-5H3,(H,18,23). The Balaban J connectivity index is 1.97. The minimum atomic E-state index is -0.222. The second-order valence-electron chi connectivity index (χ2n) is 6.22. The number of methoxy groups -OCH3 is 2. The molecule has 26 heavy (non-hydrogen) atoms. The summed E-state index contributed by atoms with van der Waals surface area (Å²) in [6.07, 6.45) is 0. The van der Waals surface area contributed by atoms with E-state index in [2.05, 4.69) is 34.7 Å². The average molecular weight is 379 g/mol. The Morgan fingerprint density at radius 1 is 1.27 bits per heavy atom. The van der Waals surface area contributed by atoms with E-state index >= 15 is 0 Å². The largest absolute Gasteiger partial charge is 0.497 e. The van der Waals surface area contributed by atoms with Crippen LogP contribution in [0, 0.1) is 5.92 Å². The minimum Gasteiger partial charge on any atom is -0.497 e. The Kier molecular flexibility index (Phi) is 7.26. The van der Waals surface area contributed by atoms with E-state index in [4.69, 9.17) is 9.47 Å². The van der Waals surface area contributed by atoms with Crippen LogP contribution in [0.4, 0.5) is 0 Å². The topological polar surface area (TPSA) is 91.2 Å². The van der Waals surface area contributed by atoms with Gasteiger partial charge in [-0.1, -0.05) is 25.6 Å². The molecule has 8 nitrogen and oxygen atoms in total. The van der Waals surface area contributed by atoms with Gasteiger partial charge in [-0.25, -0.2) is 4.68 Å². The quantitative estimate of drug-likeness (QED) is 0.669. The molecule has 0 aliphatic rings. The number of amides is 1. The van der Waals surface area contributed by atoms with E-state index in [1.807, 2.05) is 25.1 Å². The van der Waals surface area contributed by atoms with Crippen LogP contribution in [0.3, 0.4) is 0 Å². The lowest BCUT2D eigenvalue weighted by Crippen LogP contribution is -2.28. The summed E-state index contributed by atoms with van der Waals surface area (Å²) in [5, 5.41) is 15.2. The van der Waals surface area contributed by atoms with Crippen LogP contribution in [0.2, 0.25) is 0 Å². The van der Waals surface area contributed by atoms with Gasteiger partial charge >= 0.3 is 0 Å². The fourth-order valence-electron chi connectivity index (χ4n) is 2.43. The molecule has 0 spiro atoms. The predicted octanol–water partition coefficient (Wildman–Crippen LogP) is 2.32. The van der Waals surface area contributed by atoms with E-state index in [1.165, 1.54) is 11.8 Å². The van der Waals surface area contributed by atoms with Crippen molar-refractivity contribution in [1.82, 2.24) is 25.5 Å². The molecule has 1 aromatic carbocycles. The molecule has 1 unspecified atom stereocenters. The Bertz CT molecular complexity index is 735. The Morgan fingerprint density at radius 2 is 2.04 bits per heavy atom. The van der Waals surface area contributed by atoms with Gasteiger partial charge in [0.2, 0.25) is 11.1 Å². The number of hydrogen-bond donors (Lipinski definition) is 1. The molecule has 0 saturated heterocycles. The second-order valence-corrected chi connectivity index (χ2v) is 7.17. The lowest BCUT2D eigenvalue weighted by Gasteiger charge is -2.18. The van der Waals surface area contributed by atoms with Crippen molar-refractivity contribution in [2.75, 3.05) is 20.0 Å². The van der Waals surface area contributed by atoms with Gasteiger partial charge in [0.05, 0.1) is 26.0 Å². The summed E-state index contributed by atoms with van der Waals surface area (Å²) in [5.41, 5.74) is 0.856. The third-order valence-electron chi connectivity index (χ3n) is 3.65. The fourth-order valence-corrected chi connectivity index (χ4v) is 3.13. The number of aromatic nitrogens is 4. The monoisotopic (exact) mass is 379 g/mol. The molecule has 0 saturated carbocycles. The van der Waals surface area contributed by atoms with E-state index in [0.717, 1.165) is 5.56 Å². The van der Waals surface area contributed by atoms with Gasteiger partial charge in [0, 0.05) is 12.1 Å². The number of benzene rings is 1. The highest BCUT2D eigenvalue weighted by molar-refractivity contribution is 7.99. The van der Waals surface area contributed by atoms with E-state index < -0.39 is 0 Å². The van der Waals surface area contributed by atoms with Gasteiger partial charge in [-0.05, 0) is 41.5 Å². The highest BCUT2D eigenvalue weighted by Gasteiger charge is 2.17. The Hall–Kier alpha value is -2.29. The molecule has 0 fully saturated rings. The molecule has 0 aliphatic heterocycles. The molecular formula is C17H25N5O3S. The zero-order valence-corrected chi connectivity index (χ0v) is 16.5. The molecule has 0 bridgehead atoms. The van der Waals surface area contributed by atoms with Gasteiger partial charge < -0.3 is 14.8 Å². The first kappa shape index (κ1) is 20.0. The maximum atomic E-state index is 12.3. The number of ether oxygens (including phenoxy) is 2. The number of thioether (sulfide) groups is 1. The highest BCUT2D eigenvalue weighted by Crippen LogP contribution is 2.29. The van der Waals surface area contributed by atoms with Crippen LogP contribution in [0.15, 0.2) is 23.4 Å². The van der Waals surface area contributed by atoms with E-state index in [-0.39, 0.29) is 17.7 Å². The van der Waals surface area contributed by atoms with Crippen LogP contribution in [-0.2, 0) is 11.3 Å². The molecule has 142 valence electrons. The summed E-state index contributed by atoms with van der Waals surface area (Å²) in [7, 11) is 3.21. The lowest BCUT2D eigenvalue weighted by atomic mass is 10.1. The van der Waals surface area contributed by atoms with Crippen molar-refractivity contribution >= 4 is 17.7 Å². The zero-order valence-electron chi connectivity index (χ0n) is 15.7. The molecule has 1 heterocycles. The highest BCUT2D eigenvalue weighted by atomic mass is 32.2. The smallest absolute Gasteiger partial charge is 0.230 e. The van der Waals surface area contributed by atoms with Crippen molar-refractivity contribution in [1.29, 1.82) is 0 Å². The second kappa shape index (κ2) is 9.42. The summed E-state index contributed by atoms with van der Waals surface area (Å²) in [6, 6.07) is 5.28. The minimum absolute atomic E-state index is 0.105. The molecule has 9 heteroatoms. The average Bonchev–Trinajstić information content (AvgIpc) is 3.05. The first-order valence-corrected chi connectivity index (χ1v) is 9.33. The van der Waals surface area contributed by atoms with Crippen molar-refractivity contribution in [2.45, 2.75) is 38.5 Å². The van der Waals surface area contributed by atoms with Crippen LogP contribution in [0.25, 0.3) is 0 Å². The Labute approximate surface area is 157 Å². The van der Waals surface area contributed by atoms with Gasteiger partial charge in [-0.2, -0.15) is 0 Å². The summed E-state index contributed by atoms with van der Waals surface area (Å²) in [6.45, 7) is 6.80. The molecular weight excluding hydrogens is 354 g/mol. The van der Waals surface area contributed by atoms with Gasteiger partial charge in [-0.3, -0.25) is 4.79 Å². The van der Waals surface area contributed by atoms with Gasteiger partial charge in [0.15, 0.2) is 0 Å². The Morgan fingerprint density at radius 3 is 2.69 bits per heavy atom. The first-order valence-electron chi connectivity index (χ1n) is 8.34. The summed E-state index contributed by atoms with van der Waals surface area (Å²) < 4.78 is 12.3. The number of nitrogens with zero attached hydrogens (tertiary/aromatic N) is 4. The van der Waals surface area contributed by atoms with Crippen LogP contribution in [-0.4, -0.2) is 46.1 Å². The first-order chi connectivity index (χ1) is 12.4. The van der Waals surface area contributed by atoms with E-state index in [0.29, 0.717) is 29.1 Å². The molecule has 0 aliphatic carbocycles. The van der Waals surface area contributed by atoms with Gasteiger partial charge in [-0.15, -0.1) is 5.10 Å².